The molecule has 0 saturated carbocycles. The van der Waals surface area contributed by atoms with Crippen molar-refractivity contribution in [1.29, 1.82) is 0 Å². The second kappa shape index (κ2) is 2.27. The molecule has 0 saturated heterocycles. The summed E-state index contributed by atoms with van der Waals surface area (Å²) in [6.45, 7) is 3.65. The van der Waals surface area contributed by atoms with E-state index in [-0.39, 0.29) is 5.66 Å². The van der Waals surface area contributed by atoms with Gasteiger partial charge in [0.15, 0.2) is 0 Å². The molecule has 0 aromatic rings. The fourth-order valence-electron chi connectivity index (χ4n) is 0.809. The van der Waals surface area contributed by atoms with Gasteiger partial charge in [0.1, 0.15) is 0 Å². The maximum atomic E-state index is 9.53. The van der Waals surface area contributed by atoms with E-state index >= 15 is 0 Å². The fourth-order valence-corrected chi connectivity index (χ4v) is 2.03. The molecule has 1 N–H and O–H groups in total. The van der Waals surface area contributed by atoms with Gasteiger partial charge in [0, 0.05) is 0 Å². The van der Waals surface area contributed by atoms with Gasteiger partial charge in [-0.15, -0.1) is 0 Å². The zero-order chi connectivity index (χ0) is 7.78. The van der Waals surface area contributed by atoms with Gasteiger partial charge in [-0.1, -0.05) is 0 Å². The summed E-state index contributed by atoms with van der Waals surface area (Å²) in [6.07, 6.45) is 6.88. The predicted octanol–water partition coefficient (Wildman–Crippen LogP) is 1.12. The molecule has 1 rings (SSSR count). The van der Waals surface area contributed by atoms with E-state index in [0.717, 1.165) is 0 Å². The number of terminal acetylenes is 1. The van der Waals surface area contributed by atoms with Gasteiger partial charge >= 0.3 is 60.6 Å². The van der Waals surface area contributed by atoms with Crippen molar-refractivity contribution in [3.63, 3.8) is 0 Å². The van der Waals surface area contributed by atoms with Crippen LogP contribution in [-0.2, 0) is 4.52 Å². The Morgan fingerprint density at radius 2 is 2.50 bits per heavy atom. The summed E-state index contributed by atoms with van der Waals surface area (Å²) >= 11 is 0. The zero-order valence-electron chi connectivity index (χ0n) is 6.09. The van der Waals surface area contributed by atoms with Crippen LogP contribution in [0.3, 0.4) is 0 Å². The summed E-state index contributed by atoms with van der Waals surface area (Å²) in [5.41, 5.74) is 0.110. The minimum absolute atomic E-state index is 0.110. The number of rotatable bonds is 0. The van der Waals surface area contributed by atoms with Crippen molar-refractivity contribution in [3.8, 4) is 12.3 Å². The molecular formula is C7H11O2P. The van der Waals surface area contributed by atoms with Crippen LogP contribution in [-0.4, -0.2) is 17.2 Å². The molecule has 0 radical (unpaired) electrons. The van der Waals surface area contributed by atoms with E-state index in [4.69, 9.17) is 10.9 Å². The van der Waals surface area contributed by atoms with Crippen molar-refractivity contribution >= 4 is 7.72 Å². The van der Waals surface area contributed by atoms with Gasteiger partial charge in [-0.2, -0.15) is 0 Å². The number of allylic oxidation sites excluding steroid dienone is 2. The molecule has 1 atom stereocenters. The average Bonchev–Trinajstić information content (AvgIpc) is 2.08. The summed E-state index contributed by atoms with van der Waals surface area (Å²) in [6, 6.07) is 0. The van der Waals surface area contributed by atoms with Crippen LogP contribution in [0.1, 0.15) is 6.92 Å². The van der Waals surface area contributed by atoms with Gasteiger partial charge in [-0.3, -0.25) is 0 Å². The molecular weight excluding hydrogens is 147 g/mol. The summed E-state index contributed by atoms with van der Waals surface area (Å²) in [4.78, 5) is 9.53. The van der Waals surface area contributed by atoms with Gasteiger partial charge in [0.2, 0.25) is 0 Å². The Balaban J connectivity index is 2.78. The van der Waals surface area contributed by atoms with Gasteiger partial charge in [-0.25, -0.2) is 0 Å². The second-order valence-electron chi connectivity index (χ2n) is 2.62. The first-order valence-electron chi connectivity index (χ1n) is 3.16. The Bertz CT molecular complexity index is 212. The third-order valence-electron chi connectivity index (χ3n) is 1.71. The molecule has 1 heterocycles. The van der Waals surface area contributed by atoms with Crippen LogP contribution in [0, 0.1) is 12.3 Å². The standard InChI is InChI=1S/C7H11O2P/c1-4-7-5-6(2)10(3,8)9-7/h1,5-6,8,10H,2-3H3. The maximum absolute atomic E-state index is 9.53. The van der Waals surface area contributed by atoms with Crippen LogP contribution in [0.25, 0.3) is 0 Å². The fraction of sp³-hybridized carbons (Fsp3) is 0.429. The minimum atomic E-state index is -2.46. The Hall–Kier alpha value is -0.510. The summed E-state index contributed by atoms with van der Waals surface area (Å²) in [5, 5.41) is 0. The number of hydrogen-bond donors (Lipinski definition) is 1. The molecule has 10 heavy (non-hydrogen) atoms. The molecule has 0 spiro atoms. The topological polar surface area (TPSA) is 29.5 Å². The van der Waals surface area contributed by atoms with Crippen LogP contribution in [0.2, 0.25) is 0 Å². The van der Waals surface area contributed by atoms with Crippen molar-refractivity contribution in [1.82, 2.24) is 0 Å². The summed E-state index contributed by atoms with van der Waals surface area (Å²) in [7, 11) is -2.46. The summed E-state index contributed by atoms with van der Waals surface area (Å²) in [5.74, 6) is 2.85. The molecule has 0 fully saturated rings. The summed E-state index contributed by atoms with van der Waals surface area (Å²) < 4.78 is 5.13. The van der Waals surface area contributed by atoms with Crippen molar-refractivity contribution < 1.29 is 9.42 Å². The van der Waals surface area contributed by atoms with Gasteiger partial charge < -0.3 is 0 Å². The Morgan fingerprint density at radius 3 is 2.70 bits per heavy atom. The Labute approximate surface area is 61.4 Å². The number of hydrogen-bond acceptors (Lipinski definition) is 2. The van der Waals surface area contributed by atoms with Crippen LogP contribution in [0.5, 0.6) is 0 Å². The molecule has 2 nitrogen and oxygen atoms in total. The first-order valence-corrected chi connectivity index (χ1v) is 5.59. The molecule has 0 aromatic carbocycles. The third-order valence-corrected chi connectivity index (χ3v) is 4.19. The molecule has 0 aromatic heterocycles. The van der Waals surface area contributed by atoms with E-state index in [1.807, 2.05) is 6.92 Å². The third kappa shape index (κ3) is 1.16. The van der Waals surface area contributed by atoms with Crippen LogP contribution in [0.4, 0.5) is 0 Å². The molecule has 3 heteroatoms. The molecule has 0 aliphatic carbocycles. The van der Waals surface area contributed by atoms with Gasteiger partial charge in [0.25, 0.3) is 0 Å². The molecule has 56 valence electrons. The normalized spacial score (nSPS) is 31.8. The quantitative estimate of drug-likeness (QED) is 0.423. The first-order chi connectivity index (χ1) is 4.56. The zero-order valence-corrected chi connectivity index (χ0v) is 7.09. The van der Waals surface area contributed by atoms with E-state index in [1.165, 1.54) is 0 Å². The molecule has 1 aliphatic rings. The molecule has 1 aliphatic heterocycles. The molecule has 0 bridgehead atoms. The van der Waals surface area contributed by atoms with Crippen molar-refractivity contribution in [2.45, 2.75) is 12.6 Å². The van der Waals surface area contributed by atoms with Crippen LogP contribution in [0.15, 0.2) is 11.8 Å². The first kappa shape index (κ1) is 7.60. The van der Waals surface area contributed by atoms with E-state index in [2.05, 4.69) is 5.92 Å². The average molecular weight is 158 g/mol. The van der Waals surface area contributed by atoms with E-state index in [1.54, 1.807) is 12.7 Å². The van der Waals surface area contributed by atoms with Crippen molar-refractivity contribution in [2.24, 2.45) is 0 Å². The Kier molecular flexibility index (Phi) is 1.72. The van der Waals surface area contributed by atoms with Gasteiger partial charge in [-0.05, 0) is 0 Å². The SMILES string of the molecule is C#CC1=CC(C)[PH](C)(O)O1. The van der Waals surface area contributed by atoms with E-state index in [0.29, 0.717) is 5.76 Å². The van der Waals surface area contributed by atoms with Gasteiger partial charge in [0.05, 0.1) is 0 Å². The van der Waals surface area contributed by atoms with Crippen molar-refractivity contribution in [3.05, 3.63) is 11.8 Å². The van der Waals surface area contributed by atoms with Crippen LogP contribution >= 0.6 is 7.72 Å². The van der Waals surface area contributed by atoms with Crippen LogP contribution < -0.4 is 0 Å². The van der Waals surface area contributed by atoms with E-state index < -0.39 is 7.72 Å². The Morgan fingerprint density at radius 1 is 1.90 bits per heavy atom. The molecule has 1 unspecified atom stereocenters. The van der Waals surface area contributed by atoms with E-state index in [9.17, 15) is 4.89 Å². The van der Waals surface area contributed by atoms with Crippen molar-refractivity contribution in [2.75, 3.05) is 6.66 Å². The monoisotopic (exact) mass is 158 g/mol. The predicted molar refractivity (Wildman–Crippen MR) is 43.9 cm³/mol. The second-order valence-corrected chi connectivity index (χ2v) is 5.84. The molecule has 0 amide bonds.